The average molecular weight is 444 g/mol. The zero-order valence-corrected chi connectivity index (χ0v) is 17.5. The van der Waals surface area contributed by atoms with E-state index >= 15 is 0 Å². The smallest absolute Gasteiger partial charge is 0.206 e. The van der Waals surface area contributed by atoms with Gasteiger partial charge in [0.1, 0.15) is 0 Å². The third-order valence-corrected chi connectivity index (χ3v) is 5.87. The summed E-state index contributed by atoms with van der Waals surface area (Å²) in [4.78, 5) is 21.8. The van der Waals surface area contributed by atoms with E-state index in [9.17, 15) is 4.79 Å². The van der Waals surface area contributed by atoms with Crippen molar-refractivity contribution < 1.29 is 4.74 Å². The standard InChI is InChI=1S/C20H22BrN5O2/c1-13-18(21)19(27)16(12-25(13)15-3-4-15)20-23-17(24-26(20)9-10-28-2)11-14-5-7-22-8-6-14/h5-8,12,15H,3-4,9-11H2,1-2H3. The molecule has 0 N–H and O–H groups in total. The molecule has 0 bridgehead atoms. The number of aromatic nitrogens is 5. The van der Waals surface area contributed by atoms with Crippen molar-refractivity contribution in [1.29, 1.82) is 0 Å². The number of ether oxygens (including phenoxy) is 1. The minimum atomic E-state index is -0.0593. The van der Waals surface area contributed by atoms with Gasteiger partial charge in [-0.15, -0.1) is 0 Å². The minimum Gasteiger partial charge on any atom is -0.383 e. The summed E-state index contributed by atoms with van der Waals surface area (Å²) in [6, 6.07) is 4.35. The molecule has 0 aliphatic heterocycles. The van der Waals surface area contributed by atoms with Crippen LogP contribution in [0.3, 0.4) is 0 Å². The molecule has 0 unspecified atom stereocenters. The molecule has 8 heteroatoms. The summed E-state index contributed by atoms with van der Waals surface area (Å²) in [7, 11) is 1.65. The first kappa shape index (κ1) is 19.0. The Labute approximate surface area is 171 Å². The Morgan fingerprint density at radius 2 is 2.04 bits per heavy atom. The van der Waals surface area contributed by atoms with E-state index in [2.05, 4.69) is 30.6 Å². The average Bonchev–Trinajstić information content (AvgIpc) is 3.47. The van der Waals surface area contributed by atoms with E-state index in [0.717, 1.165) is 24.1 Å². The van der Waals surface area contributed by atoms with E-state index in [0.29, 0.717) is 47.3 Å². The summed E-state index contributed by atoms with van der Waals surface area (Å²) < 4.78 is 9.76. The number of rotatable bonds is 7. The van der Waals surface area contributed by atoms with Crippen LogP contribution in [-0.2, 0) is 17.7 Å². The maximum Gasteiger partial charge on any atom is 0.206 e. The zero-order valence-electron chi connectivity index (χ0n) is 15.9. The predicted molar refractivity (Wildman–Crippen MR) is 109 cm³/mol. The van der Waals surface area contributed by atoms with Crippen LogP contribution >= 0.6 is 15.9 Å². The molecular formula is C20H22BrN5O2. The number of halogens is 1. The lowest BCUT2D eigenvalue weighted by Gasteiger charge is -2.14. The van der Waals surface area contributed by atoms with Crippen molar-refractivity contribution in [3.05, 3.63) is 62.5 Å². The zero-order chi connectivity index (χ0) is 19.7. The fourth-order valence-electron chi connectivity index (χ4n) is 3.26. The molecule has 4 rings (SSSR count). The second-order valence-corrected chi connectivity index (χ2v) is 7.80. The van der Waals surface area contributed by atoms with Crippen LogP contribution in [0.4, 0.5) is 0 Å². The van der Waals surface area contributed by atoms with Crippen molar-refractivity contribution >= 4 is 15.9 Å². The van der Waals surface area contributed by atoms with E-state index in [1.54, 1.807) is 24.2 Å². The molecule has 1 saturated carbocycles. The lowest BCUT2D eigenvalue weighted by Crippen LogP contribution is -2.17. The Kier molecular flexibility index (Phi) is 5.41. The van der Waals surface area contributed by atoms with E-state index in [-0.39, 0.29) is 5.43 Å². The van der Waals surface area contributed by atoms with Gasteiger partial charge < -0.3 is 9.30 Å². The molecule has 0 radical (unpaired) electrons. The molecule has 1 aliphatic carbocycles. The second-order valence-electron chi connectivity index (χ2n) is 7.01. The fraction of sp³-hybridized carbons (Fsp3) is 0.400. The van der Waals surface area contributed by atoms with Crippen molar-refractivity contribution in [2.24, 2.45) is 0 Å². The highest BCUT2D eigenvalue weighted by Gasteiger charge is 2.27. The van der Waals surface area contributed by atoms with Gasteiger partial charge >= 0.3 is 0 Å². The molecule has 1 fully saturated rings. The van der Waals surface area contributed by atoms with Gasteiger partial charge in [0.05, 0.1) is 23.2 Å². The van der Waals surface area contributed by atoms with Gasteiger partial charge in [0.15, 0.2) is 11.6 Å². The monoisotopic (exact) mass is 443 g/mol. The van der Waals surface area contributed by atoms with Gasteiger partial charge in [0, 0.05) is 43.9 Å². The van der Waals surface area contributed by atoms with E-state index in [1.807, 2.05) is 25.3 Å². The Bertz CT molecular complexity index is 1040. The third kappa shape index (κ3) is 3.79. The summed E-state index contributed by atoms with van der Waals surface area (Å²) in [6.07, 6.45) is 8.30. The van der Waals surface area contributed by atoms with Crippen LogP contribution in [0.5, 0.6) is 0 Å². The molecule has 3 aromatic rings. The summed E-state index contributed by atoms with van der Waals surface area (Å²) >= 11 is 3.49. The molecule has 7 nitrogen and oxygen atoms in total. The van der Waals surface area contributed by atoms with E-state index < -0.39 is 0 Å². The fourth-order valence-corrected chi connectivity index (χ4v) is 3.68. The van der Waals surface area contributed by atoms with Crippen LogP contribution in [-0.4, -0.2) is 38.0 Å². The number of methoxy groups -OCH3 is 1. The highest BCUT2D eigenvalue weighted by Crippen LogP contribution is 2.37. The van der Waals surface area contributed by atoms with Gasteiger partial charge in [-0.1, -0.05) is 0 Å². The highest BCUT2D eigenvalue weighted by atomic mass is 79.9. The Morgan fingerprint density at radius 3 is 2.71 bits per heavy atom. The first-order valence-corrected chi connectivity index (χ1v) is 10.1. The Balaban J connectivity index is 1.78. The summed E-state index contributed by atoms with van der Waals surface area (Å²) in [5.74, 6) is 1.26. The molecule has 0 atom stereocenters. The molecule has 3 heterocycles. The van der Waals surface area contributed by atoms with Crippen LogP contribution < -0.4 is 5.43 Å². The number of nitrogens with zero attached hydrogens (tertiary/aromatic N) is 5. The lowest BCUT2D eigenvalue weighted by atomic mass is 10.2. The molecule has 0 spiro atoms. The van der Waals surface area contributed by atoms with Crippen LogP contribution in [0.2, 0.25) is 0 Å². The highest BCUT2D eigenvalue weighted by molar-refractivity contribution is 9.10. The molecule has 0 saturated heterocycles. The minimum absolute atomic E-state index is 0.0593. The molecule has 146 valence electrons. The van der Waals surface area contributed by atoms with Gasteiger partial charge in [-0.2, -0.15) is 5.10 Å². The normalized spacial score (nSPS) is 13.8. The van der Waals surface area contributed by atoms with Gasteiger partial charge in [0.2, 0.25) is 5.43 Å². The molecular weight excluding hydrogens is 422 g/mol. The molecule has 28 heavy (non-hydrogen) atoms. The lowest BCUT2D eigenvalue weighted by molar-refractivity contribution is 0.184. The topological polar surface area (TPSA) is 74.8 Å². The summed E-state index contributed by atoms with van der Waals surface area (Å²) in [5, 5.41) is 4.64. The maximum atomic E-state index is 13.0. The van der Waals surface area contributed by atoms with Crippen molar-refractivity contribution in [2.75, 3.05) is 13.7 Å². The van der Waals surface area contributed by atoms with Gasteiger partial charge in [-0.05, 0) is 53.4 Å². The molecule has 1 aliphatic rings. The number of hydrogen-bond donors (Lipinski definition) is 0. The largest absolute Gasteiger partial charge is 0.383 e. The maximum absolute atomic E-state index is 13.0. The Morgan fingerprint density at radius 1 is 1.29 bits per heavy atom. The second kappa shape index (κ2) is 7.97. The van der Waals surface area contributed by atoms with E-state index in [1.165, 1.54) is 0 Å². The molecule has 3 aromatic heterocycles. The van der Waals surface area contributed by atoms with Crippen molar-refractivity contribution in [3.63, 3.8) is 0 Å². The van der Waals surface area contributed by atoms with Crippen molar-refractivity contribution in [1.82, 2.24) is 24.3 Å². The summed E-state index contributed by atoms with van der Waals surface area (Å²) in [6.45, 7) is 3.00. The predicted octanol–water partition coefficient (Wildman–Crippen LogP) is 3.14. The van der Waals surface area contributed by atoms with Gasteiger partial charge in [-0.25, -0.2) is 9.67 Å². The molecule has 0 aromatic carbocycles. The molecule has 0 amide bonds. The Hall–Kier alpha value is -2.32. The first-order valence-electron chi connectivity index (χ1n) is 9.31. The van der Waals surface area contributed by atoms with Gasteiger partial charge in [-0.3, -0.25) is 9.78 Å². The van der Waals surface area contributed by atoms with Crippen LogP contribution in [0.25, 0.3) is 11.4 Å². The number of pyridine rings is 2. The first-order chi connectivity index (χ1) is 13.6. The van der Waals surface area contributed by atoms with Crippen molar-refractivity contribution in [3.8, 4) is 11.4 Å². The van der Waals surface area contributed by atoms with Crippen LogP contribution in [0, 0.1) is 6.92 Å². The van der Waals surface area contributed by atoms with Crippen LogP contribution in [0.1, 0.15) is 36.0 Å². The van der Waals surface area contributed by atoms with Crippen molar-refractivity contribution in [2.45, 2.75) is 38.8 Å². The third-order valence-electron chi connectivity index (χ3n) is 4.93. The number of hydrogen-bond acceptors (Lipinski definition) is 5. The van der Waals surface area contributed by atoms with E-state index in [4.69, 9.17) is 9.72 Å². The summed E-state index contributed by atoms with van der Waals surface area (Å²) in [5.41, 5.74) is 2.53. The SMILES string of the molecule is COCCn1nc(Cc2ccncc2)nc1-c1cn(C2CC2)c(C)c(Br)c1=O. The van der Waals surface area contributed by atoms with Gasteiger partial charge in [0.25, 0.3) is 0 Å². The quantitative estimate of drug-likeness (QED) is 0.560. The van der Waals surface area contributed by atoms with Crippen LogP contribution in [0.15, 0.2) is 40.0 Å².